The second-order valence-electron chi connectivity index (χ2n) is 5.46. The highest BCUT2D eigenvalue weighted by Gasteiger charge is 2.27. The van der Waals surface area contributed by atoms with Gasteiger partial charge in [0.05, 0.1) is 5.56 Å². The van der Waals surface area contributed by atoms with Crippen LogP contribution in [0.1, 0.15) is 31.2 Å². The molecule has 0 spiro atoms. The fourth-order valence-corrected chi connectivity index (χ4v) is 4.06. The van der Waals surface area contributed by atoms with Crippen molar-refractivity contribution in [1.82, 2.24) is 4.90 Å². The topological polar surface area (TPSA) is 69.6 Å². The molecule has 0 unspecified atom stereocenters. The van der Waals surface area contributed by atoms with E-state index in [1.807, 2.05) is 7.05 Å². The van der Waals surface area contributed by atoms with Crippen LogP contribution in [-0.2, 0) is 13.0 Å². The number of benzene rings is 1. The number of nitrogens with zero attached hydrogens (tertiary/aromatic N) is 1. The number of carboxylic acids is 1. The van der Waals surface area contributed by atoms with Gasteiger partial charge in [-0.25, -0.2) is 4.79 Å². The van der Waals surface area contributed by atoms with E-state index in [1.54, 1.807) is 24.3 Å². The molecule has 7 heteroatoms. The monoisotopic (exact) mass is 350 g/mol. The number of anilines is 1. The molecule has 120 valence electrons. The van der Waals surface area contributed by atoms with Crippen molar-refractivity contribution in [3.05, 3.63) is 50.9 Å². The Labute approximate surface area is 142 Å². The zero-order valence-electron chi connectivity index (χ0n) is 12.4. The second kappa shape index (κ2) is 6.31. The molecule has 1 aromatic heterocycles. The number of likely N-dealkylation sites (N-methyl/N-ethyl adjacent to an activating group) is 1. The van der Waals surface area contributed by atoms with Gasteiger partial charge in [-0.2, -0.15) is 0 Å². The molecule has 0 saturated heterocycles. The van der Waals surface area contributed by atoms with Gasteiger partial charge in [-0.05, 0) is 43.3 Å². The zero-order chi connectivity index (χ0) is 16.6. The minimum atomic E-state index is -1.00. The normalized spacial score (nSPS) is 14.3. The molecule has 0 saturated carbocycles. The van der Waals surface area contributed by atoms with Crippen LogP contribution in [0.25, 0.3) is 0 Å². The van der Waals surface area contributed by atoms with E-state index in [0.29, 0.717) is 28.6 Å². The van der Waals surface area contributed by atoms with Crippen LogP contribution in [0, 0.1) is 0 Å². The molecule has 0 aliphatic carbocycles. The first-order valence-corrected chi connectivity index (χ1v) is 8.28. The standard InChI is InChI=1S/C16H15ClN2O3S/c1-19-7-6-11-12(8-19)23-15(13(11)16(21)22)18-14(20)9-2-4-10(17)5-3-9/h2-5H,6-8H2,1H3,(H,18,20)(H,21,22). The Kier molecular flexibility index (Phi) is 4.39. The van der Waals surface area contributed by atoms with Crippen molar-refractivity contribution in [3.63, 3.8) is 0 Å². The molecule has 1 aliphatic rings. The van der Waals surface area contributed by atoms with Gasteiger partial charge in [0.1, 0.15) is 5.00 Å². The number of rotatable bonds is 3. The molecular weight excluding hydrogens is 336 g/mol. The van der Waals surface area contributed by atoms with Crippen LogP contribution in [0.15, 0.2) is 24.3 Å². The number of hydrogen-bond donors (Lipinski definition) is 2. The third-order valence-electron chi connectivity index (χ3n) is 3.80. The molecule has 0 fully saturated rings. The van der Waals surface area contributed by atoms with Crippen LogP contribution in [0.5, 0.6) is 0 Å². The molecule has 0 bridgehead atoms. The fourth-order valence-electron chi connectivity index (χ4n) is 2.62. The number of carboxylic acid groups (broad SMARTS) is 1. The Bertz CT molecular complexity index is 770. The van der Waals surface area contributed by atoms with Gasteiger partial charge >= 0.3 is 5.97 Å². The molecule has 2 N–H and O–H groups in total. The van der Waals surface area contributed by atoms with Crippen LogP contribution in [0.2, 0.25) is 5.02 Å². The van der Waals surface area contributed by atoms with Crippen LogP contribution >= 0.6 is 22.9 Å². The number of hydrogen-bond acceptors (Lipinski definition) is 4. The summed E-state index contributed by atoms with van der Waals surface area (Å²) in [5.41, 5.74) is 1.50. The van der Waals surface area contributed by atoms with Crippen molar-refractivity contribution in [2.75, 3.05) is 18.9 Å². The maximum Gasteiger partial charge on any atom is 0.339 e. The smallest absolute Gasteiger partial charge is 0.339 e. The summed E-state index contributed by atoms with van der Waals surface area (Å²) in [6.45, 7) is 1.52. The lowest BCUT2D eigenvalue weighted by Crippen LogP contribution is -2.26. The van der Waals surface area contributed by atoms with Crippen molar-refractivity contribution in [2.24, 2.45) is 0 Å². The Morgan fingerprint density at radius 1 is 1.30 bits per heavy atom. The van der Waals surface area contributed by atoms with Gasteiger partial charge in [0.25, 0.3) is 5.91 Å². The highest BCUT2D eigenvalue weighted by Crippen LogP contribution is 2.37. The molecule has 0 radical (unpaired) electrons. The lowest BCUT2D eigenvalue weighted by atomic mass is 10.0. The van der Waals surface area contributed by atoms with E-state index >= 15 is 0 Å². The number of aromatic carboxylic acids is 1. The first-order valence-electron chi connectivity index (χ1n) is 7.09. The number of thiophene rings is 1. The second-order valence-corrected chi connectivity index (χ2v) is 7.00. The number of amides is 1. The Morgan fingerprint density at radius 3 is 2.65 bits per heavy atom. The SMILES string of the molecule is CN1CCc2c(sc(NC(=O)c3ccc(Cl)cc3)c2C(=O)O)C1. The van der Waals surface area contributed by atoms with E-state index in [-0.39, 0.29) is 11.5 Å². The highest BCUT2D eigenvalue weighted by atomic mass is 35.5. The summed E-state index contributed by atoms with van der Waals surface area (Å²) in [5.74, 6) is -1.34. The molecule has 2 heterocycles. The summed E-state index contributed by atoms with van der Waals surface area (Å²) in [5, 5.41) is 13.2. The molecule has 23 heavy (non-hydrogen) atoms. The Morgan fingerprint density at radius 2 is 2.00 bits per heavy atom. The first-order chi connectivity index (χ1) is 11.0. The van der Waals surface area contributed by atoms with E-state index < -0.39 is 5.97 Å². The van der Waals surface area contributed by atoms with Crippen molar-refractivity contribution in [1.29, 1.82) is 0 Å². The van der Waals surface area contributed by atoms with Gasteiger partial charge in [0.15, 0.2) is 0 Å². The summed E-state index contributed by atoms with van der Waals surface area (Å²) in [4.78, 5) is 27.1. The van der Waals surface area contributed by atoms with Gasteiger partial charge in [0.2, 0.25) is 0 Å². The predicted molar refractivity (Wildman–Crippen MR) is 90.7 cm³/mol. The molecule has 0 atom stereocenters. The van der Waals surface area contributed by atoms with E-state index in [2.05, 4.69) is 10.2 Å². The van der Waals surface area contributed by atoms with E-state index in [4.69, 9.17) is 11.6 Å². The third-order valence-corrected chi connectivity index (χ3v) is 5.18. The Hall–Kier alpha value is -1.89. The van der Waals surface area contributed by atoms with Gasteiger partial charge in [-0.3, -0.25) is 4.79 Å². The summed E-state index contributed by atoms with van der Waals surface area (Å²) < 4.78 is 0. The maximum atomic E-state index is 12.3. The maximum absolute atomic E-state index is 12.3. The summed E-state index contributed by atoms with van der Waals surface area (Å²) >= 11 is 7.15. The fraction of sp³-hybridized carbons (Fsp3) is 0.250. The van der Waals surface area contributed by atoms with Crippen LogP contribution in [0.4, 0.5) is 5.00 Å². The van der Waals surface area contributed by atoms with Crippen LogP contribution in [-0.4, -0.2) is 35.5 Å². The van der Waals surface area contributed by atoms with Gasteiger partial charge in [0, 0.05) is 28.6 Å². The lowest BCUT2D eigenvalue weighted by Gasteiger charge is -2.22. The van der Waals surface area contributed by atoms with Crippen molar-refractivity contribution >= 4 is 39.8 Å². The zero-order valence-corrected chi connectivity index (χ0v) is 14.0. The summed E-state index contributed by atoms with van der Waals surface area (Å²) in [7, 11) is 2.00. The minimum absolute atomic E-state index is 0.223. The quantitative estimate of drug-likeness (QED) is 0.890. The van der Waals surface area contributed by atoms with Crippen molar-refractivity contribution in [2.45, 2.75) is 13.0 Å². The van der Waals surface area contributed by atoms with Crippen molar-refractivity contribution in [3.8, 4) is 0 Å². The number of fused-ring (bicyclic) bond motifs is 1. The third kappa shape index (κ3) is 3.24. The predicted octanol–water partition coefficient (Wildman–Crippen LogP) is 3.34. The number of nitrogens with one attached hydrogen (secondary N) is 1. The minimum Gasteiger partial charge on any atom is -0.478 e. The molecule has 1 aliphatic heterocycles. The molecule has 1 amide bonds. The number of halogens is 1. The molecule has 3 rings (SSSR count). The molecular formula is C16H15ClN2O3S. The van der Waals surface area contributed by atoms with E-state index in [0.717, 1.165) is 17.0 Å². The average molecular weight is 351 g/mol. The summed E-state index contributed by atoms with van der Waals surface area (Å²) in [6.07, 6.45) is 0.681. The van der Waals surface area contributed by atoms with Gasteiger partial charge < -0.3 is 15.3 Å². The first kappa shape index (κ1) is 16.0. The Balaban J connectivity index is 1.92. The van der Waals surface area contributed by atoms with Crippen LogP contribution < -0.4 is 5.32 Å². The molecule has 1 aromatic carbocycles. The highest BCUT2D eigenvalue weighted by molar-refractivity contribution is 7.17. The van der Waals surface area contributed by atoms with E-state index in [9.17, 15) is 14.7 Å². The molecule has 2 aromatic rings. The van der Waals surface area contributed by atoms with Crippen LogP contribution in [0.3, 0.4) is 0 Å². The number of carbonyl (C=O) groups is 2. The lowest BCUT2D eigenvalue weighted by molar-refractivity contribution is 0.0696. The number of carbonyl (C=O) groups excluding carboxylic acids is 1. The van der Waals surface area contributed by atoms with E-state index in [1.165, 1.54) is 11.3 Å². The van der Waals surface area contributed by atoms with Crippen molar-refractivity contribution < 1.29 is 14.7 Å². The van der Waals surface area contributed by atoms with Gasteiger partial charge in [-0.15, -0.1) is 11.3 Å². The van der Waals surface area contributed by atoms with Gasteiger partial charge in [-0.1, -0.05) is 11.6 Å². The summed E-state index contributed by atoms with van der Waals surface area (Å²) in [6, 6.07) is 6.48. The largest absolute Gasteiger partial charge is 0.478 e. The molecule has 5 nitrogen and oxygen atoms in total. The average Bonchev–Trinajstić information content (AvgIpc) is 2.84.